The van der Waals surface area contributed by atoms with E-state index >= 15 is 0 Å². The molecular weight excluding hydrogens is 527 g/mol. The van der Waals surface area contributed by atoms with Crippen LogP contribution in [0.3, 0.4) is 0 Å². The topological polar surface area (TPSA) is 124 Å². The van der Waals surface area contributed by atoms with Gasteiger partial charge in [0.1, 0.15) is 18.5 Å². The summed E-state index contributed by atoms with van der Waals surface area (Å²) in [6.07, 6.45) is -6.06. The molecular formula is C20H23IO10. The number of hydrogen-bond acceptors (Lipinski definition) is 10. The third-order valence-corrected chi connectivity index (χ3v) is 4.73. The summed E-state index contributed by atoms with van der Waals surface area (Å²) in [7, 11) is 0. The Kier molecular flexibility index (Phi) is 9.04. The van der Waals surface area contributed by atoms with Gasteiger partial charge in [-0.05, 0) is 46.9 Å². The zero-order chi connectivity index (χ0) is 23.1. The van der Waals surface area contributed by atoms with Crippen LogP contribution < -0.4 is 4.74 Å². The second kappa shape index (κ2) is 11.3. The second-order valence-corrected chi connectivity index (χ2v) is 7.89. The van der Waals surface area contributed by atoms with Crippen molar-refractivity contribution in [2.45, 2.75) is 58.4 Å². The first kappa shape index (κ1) is 24.9. The molecule has 0 aromatic heterocycles. The van der Waals surface area contributed by atoms with Gasteiger partial charge in [0.2, 0.25) is 12.4 Å². The molecule has 1 aliphatic heterocycles. The summed E-state index contributed by atoms with van der Waals surface area (Å²) in [5.74, 6) is -2.30. The molecule has 0 saturated carbocycles. The van der Waals surface area contributed by atoms with Gasteiger partial charge in [0.15, 0.2) is 12.2 Å². The summed E-state index contributed by atoms with van der Waals surface area (Å²) in [4.78, 5) is 46.5. The Morgan fingerprint density at radius 3 is 1.84 bits per heavy atom. The minimum absolute atomic E-state index is 0.315. The molecule has 170 valence electrons. The van der Waals surface area contributed by atoms with Gasteiger partial charge in [0.25, 0.3) is 0 Å². The second-order valence-electron chi connectivity index (χ2n) is 6.64. The molecule has 31 heavy (non-hydrogen) atoms. The lowest BCUT2D eigenvalue weighted by Gasteiger charge is -2.43. The molecule has 5 atom stereocenters. The number of benzene rings is 1. The van der Waals surface area contributed by atoms with Gasteiger partial charge >= 0.3 is 23.9 Å². The van der Waals surface area contributed by atoms with Crippen molar-refractivity contribution in [1.82, 2.24) is 0 Å². The summed E-state index contributed by atoms with van der Waals surface area (Å²) in [5.41, 5.74) is 0. The van der Waals surface area contributed by atoms with Crippen molar-refractivity contribution in [3.05, 3.63) is 27.8 Å². The highest BCUT2D eigenvalue weighted by Crippen LogP contribution is 2.31. The van der Waals surface area contributed by atoms with Crippen LogP contribution in [0.5, 0.6) is 5.75 Å². The fraction of sp³-hybridized carbons (Fsp3) is 0.500. The maximum atomic E-state index is 11.8. The molecule has 0 spiro atoms. The van der Waals surface area contributed by atoms with Crippen molar-refractivity contribution in [2.24, 2.45) is 0 Å². The van der Waals surface area contributed by atoms with Gasteiger partial charge in [-0.25, -0.2) is 0 Å². The lowest BCUT2D eigenvalue weighted by molar-refractivity contribution is -0.288. The normalized spacial score (nSPS) is 25.1. The third-order valence-electron chi connectivity index (χ3n) is 4.01. The molecule has 0 amide bonds. The summed E-state index contributed by atoms with van der Waals surface area (Å²) < 4.78 is 33.7. The van der Waals surface area contributed by atoms with Gasteiger partial charge in [-0.3, -0.25) is 19.2 Å². The first-order chi connectivity index (χ1) is 14.6. The van der Waals surface area contributed by atoms with E-state index in [4.69, 9.17) is 28.4 Å². The summed E-state index contributed by atoms with van der Waals surface area (Å²) in [6, 6.07) is 6.94. The third kappa shape index (κ3) is 7.65. The van der Waals surface area contributed by atoms with Gasteiger partial charge in [0.05, 0.1) is 0 Å². The van der Waals surface area contributed by atoms with Crippen molar-refractivity contribution in [3.8, 4) is 5.75 Å². The lowest BCUT2D eigenvalue weighted by Crippen LogP contribution is -2.63. The standard InChI is InChI=1S/C20H23IO10/c1-10(22)26-9-16-17(27-11(2)23)18(28-12(3)24)19(29-13(4)25)20(31-16)30-15-7-5-14(21)6-8-15/h5-8,16-20H,9H2,1-4H3/t16-,17-,18+,19+,20?/m1/s1. The van der Waals surface area contributed by atoms with Crippen LogP contribution in [0.4, 0.5) is 0 Å². The minimum Gasteiger partial charge on any atom is -0.463 e. The molecule has 1 heterocycles. The van der Waals surface area contributed by atoms with E-state index in [1.54, 1.807) is 24.3 Å². The summed E-state index contributed by atoms with van der Waals surface area (Å²) >= 11 is 2.13. The van der Waals surface area contributed by atoms with Crippen LogP contribution in [0.25, 0.3) is 0 Å². The number of ether oxygens (including phenoxy) is 6. The fourth-order valence-electron chi connectivity index (χ4n) is 2.93. The molecule has 0 radical (unpaired) electrons. The minimum atomic E-state index is -1.27. The maximum absolute atomic E-state index is 11.8. The molecule has 1 aromatic carbocycles. The van der Waals surface area contributed by atoms with E-state index in [1.165, 1.54) is 13.8 Å². The Morgan fingerprint density at radius 1 is 0.806 bits per heavy atom. The van der Waals surface area contributed by atoms with E-state index in [0.717, 1.165) is 17.4 Å². The van der Waals surface area contributed by atoms with Crippen molar-refractivity contribution >= 4 is 46.5 Å². The maximum Gasteiger partial charge on any atom is 0.303 e. The lowest BCUT2D eigenvalue weighted by atomic mass is 9.98. The van der Waals surface area contributed by atoms with E-state index in [0.29, 0.717) is 5.75 Å². The Bertz CT molecular complexity index is 809. The Balaban J connectivity index is 2.43. The monoisotopic (exact) mass is 550 g/mol. The van der Waals surface area contributed by atoms with Gasteiger partial charge in [-0.15, -0.1) is 0 Å². The van der Waals surface area contributed by atoms with Gasteiger partial charge < -0.3 is 28.4 Å². The number of hydrogen-bond donors (Lipinski definition) is 0. The summed E-state index contributed by atoms with van der Waals surface area (Å²) in [5, 5.41) is 0. The smallest absolute Gasteiger partial charge is 0.303 e. The molecule has 1 aliphatic rings. The number of esters is 4. The first-order valence-corrected chi connectivity index (χ1v) is 10.4. The molecule has 2 rings (SSSR count). The Hall–Kier alpha value is -2.41. The molecule has 1 aromatic rings. The predicted octanol–water partition coefficient (Wildman–Crippen LogP) is 1.75. The molecule has 0 bridgehead atoms. The van der Waals surface area contributed by atoms with Crippen LogP contribution >= 0.6 is 22.6 Å². The molecule has 1 fully saturated rings. The zero-order valence-corrected chi connectivity index (χ0v) is 19.5. The van der Waals surface area contributed by atoms with Crippen LogP contribution in [0, 0.1) is 3.57 Å². The van der Waals surface area contributed by atoms with Crippen molar-refractivity contribution < 1.29 is 47.6 Å². The molecule has 11 heteroatoms. The summed E-state index contributed by atoms with van der Waals surface area (Å²) in [6.45, 7) is 4.36. The molecule has 10 nitrogen and oxygen atoms in total. The van der Waals surface area contributed by atoms with Crippen molar-refractivity contribution in [1.29, 1.82) is 0 Å². The van der Waals surface area contributed by atoms with E-state index in [-0.39, 0.29) is 6.61 Å². The van der Waals surface area contributed by atoms with Crippen LogP contribution in [-0.2, 0) is 42.9 Å². The Labute approximate surface area is 192 Å². The van der Waals surface area contributed by atoms with E-state index in [1.807, 2.05) is 0 Å². The molecule has 0 N–H and O–H groups in total. The molecule has 0 aliphatic carbocycles. The van der Waals surface area contributed by atoms with Crippen LogP contribution in [-0.4, -0.2) is 61.2 Å². The number of halogens is 1. The highest BCUT2D eigenvalue weighted by Gasteiger charge is 2.53. The van der Waals surface area contributed by atoms with E-state index < -0.39 is 54.6 Å². The average molecular weight is 550 g/mol. The van der Waals surface area contributed by atoms with Gasteiger partial charge in [-0.1, -0.05) is 0 Å². The first-order valence-electron chi connectivity index (χ1n) is 9.29. The molecule has 1 unspecified atom stereocenters. The molecule has 1 saturated heterocycles. The largest absolute Gasteiger partial charge is 0.463 e. The Morgan fingerprint density at radius 2 is 1.32 bits per heavy atom. The number of carbonyl (C=O) groups is 4. The number of carbonyl (C=O) groups excluding carboxylic acids is 4. The zero-order valence-electron chi connectivity index (χ0n) is 17.4. The van der Waals surface area contributed by atoms with Gasteiger partial charge in [0, 0.05) is 31.3 Å². The van der Waals surface area contributed by atoms with Crippen LogP contribution in [0.2, 0.25) is 0 Å². The van der Waals surface area contributed by atoms with Crippen molar-refractivity contribution in [3.63, 3.8) is 0 Å². The van der Waals surface area contributed by atoms with E-state index in [9.17, 15) is 19.2 Å². The SMILES string of the molecule is CC(=O)OC[C@H]1OC(Oc2ccc(I)cc2)[C@@H](OC(C)=O)[C@@H](OC(C)=O)[C@@H]1OC(C)=O. The van der Waals surface area contributed by atoms with Crippen LogP contribution in [0.1, 0.15) is 27.7 Å². The predicted molar refractivity (Wildman–Crippen MR) is 112 cm³/mol. The van der Waals surface area contributed by atoms with E-state index in [2.05, 4.69) is 22.6 Å². The quantitative estimate of drug-likeness (QED) is 0.282. The number of rotatable bonds is 7. The van der Waals surface area contributed by atoms with Crippen LogP contribution in [0.15, 0.2) is 24.3 Å². The average Bonchev–Trinajstić information content (AvgIpc) is 2.65. The fourth-order valence-corrected chi connectivity index (χ4v) is 3.29. The highest BCUT2D eigenvalue weighted by molar-refractivity contribution is 14.1. The van der Waals surface area contributed by atoms with Crippen molar-refractivity contribution in [2.75, 3.05) is 6.61 Å². The van der Waals surface area contributed by atoms with Gasteiger partial charge in [-0.2, -0.15) is 0 Å². The highest BCUT2D eigenvalue weighted by atomic mass is 127.